The summed E-state index contributed by atoms with van der Waals surface area (Å²) in [6.45, 7) is 6.16. The van der Waals surface area contributed by atoms with E-state index in [2.05, 4.69) is 20.4 Å². The molecule has 1 amide bonds. The minimum absolute atomic E-state index is 0.0183. The van der Waals surface area contributed by atoms with Gasteiger partial charge < -0.3 is 34.3 Å². The number of piperazine rings is 1. The molecule has 55 heavy (non-hydrogen) atoms. The van der Waals surface area contributed by atoms with Gasteiger partial charge in [0.05, 0.1) is 41.9 Å². The van der Waals surface area contributed by atoms with Crippen molar-refractivity contribution in [2.24, 2.45) is 0 Å². The van der Waals surface area contributed by atoms with Gasteiger partial charge in [-0.05, 0) is 66.9 Å². The van der Waals surface area contributed by atoms with Crippen molar-refractivity contribution < 1.29 is 32.6 Å². The lowest BCUT2D eigenvalue weighted by atomic mass is 10.0. The number of aromatic nitrogens is 6. The topological polar surface area (TPSA) is 160 Å². The molecule has 14 nitrogen and oxygen atoms in total. The van der Waals surface area contributed by atoms with Gasteiger partial charge in [-0.1, -0.05) is 30.7 Å². The van der Waals surface area contributed by atoms with Gasteiger partial charge in [0, 0.05) is 43.7 Å². The van der Waals surface area contributed by atoms with E-state index in [4.69, 9.17) is 21.3 Å². The quantitative estimate of drug-likeness (QED) is 0.157. The molecule has 19 heteroatoms. The van der Waals surface area contributed by atoms with Crippen molar-refractivity contribution in [2.75, 3.05) is 50.1 Å². The summed E-state index contributed by atoms with van der Waals surface area (Å²) < 4.78 is 44.4. The highest BCUT2D eigenvalue weighted by Gasteiger charge is 2.31. The number of rotatable bonds is 8. The number of benzene rings is 2. The first-order valence-electron chi connectivity index (χ1n) is 17.3. The van der Waals surface area contributed by atoms with E-state index >= 15 is 0 Å². The highest BCUT2D eigenvalue weighted by molar-refractivity contribution is 8.00. The van der Waals surface area contributed by atoms with E-state index in [9.17, 15) is 32.7 Å². The molecule has 0 atom stereocenters. The first kappa shape index (κ1) is 39.5. The van der Waals surface area contributed by atoms with Crippen molar-refractivity contribution in [3.05, 3.63) is 86.3 Å². The second-order valence-corrected chi connectivity index (χ2v) is 14.1. The van der Waals surface area contributed by atoms with Crippen molar-refractivity contribution in [2.45, 2.75) is 50.2 Å². The van der Waals surface area contributed by atoms with Gasteiger partial charge in [-0.25, -0.2) is 9.97 Å². The van der Waals surface area contributed by atoms with Crippen LogP contribution in [-0.2, 0) is 35.5 Å². The summed E-state index contributed by atoms with van der Waals surface area (Å²) >= 11 is 5.54. The number of thioether (sulfide) groups is 1. The number of aldehydes is 1. The molecule has 7 rings (SSSR count). The number of aromatic hydroxyl groups is 1. The summed E-state index contributed by atoms with van der Waals surface area (Å²) in [5.74, 6) is 0.0899. The van der Waals surface area contributed by atoms with Crippen LogP contribution < -0.4 is 15.8 Å². The fourth-order valence-corrected chi connectivity index (χ4v) is 7.38. The molecule has 5 aromatic rings. The molecule has 0 saturated carbocycles. The number of anilines is 2. The fourth-order valence-electron chi connectivity index (χ4n) is 6.46. The third kappa shape index (κ3) is 8.55. The lowest BCUT2D eigenvalue weighted by molar-refractivity contribution is -0.108. The highest BCUT2D eigenvalue weighted by Crippen LogP contribution is 2.39. The third-order valence-electron chi connectivity index (χ3n) is 9.19. The predicted octanol–water partition coefficient (Wildman–Crippen LogP) is 5.15. The van der Waals surface area contributed by atoms with Crippen molar-refractivity contribution in [3.63, 3.8) is 0 Å². The second kappa shape index (κ2) is 16.7. The van der Waals surface area contributed by atoms with Crippen LogP contribution in [0.5, 0.6) is 5.75 Å². The van der Waals surface area contributed by atoms with Gasteiger partial charge in [-0.3, -0.25) is 9.59 Å². The van der Waals surface area contributed by atoms with Gasteiger partial charge in [0.25, 0.3) is 11.5 Å². The zero-order valence-corrected chi connectivity index (χ0v) is 31.6. The molecule has 2 aliphatic rings. The van der Waals surface area contributed by atoms with Gasteiger partial charge in [-0.15, -0.1) is 5.10 Å². The van der Waals surface area contributed by atoms with Gasteiger partial charge in [0.1, 0.15) is 18.3 Å². The largest absolute Gasteiger partial charge is 0.504 e. The van der Waals surface area contributed by atoms with Crippen LogP contribution in [0.2, 0.25) is 5.02 Å². The van der Waals surface area contributed by atoms with E-state index in [1.807, 2.05) is 30.0 Å². The molecule has 0 bridgehead atoms. The Hall–Kier alpha value is -5.20. The summed E-state index contributed by atoms with van der Waals surface area (Å²) in [5.41, 5.74) is 0.507. The Morgan fingerprint density at radius 2 is 1.87 bits per heavy atom. The number of nitrogens with one attached hydrogen (secondary N) is 1. The molecular formula is C36H37ClF3N9O5S. The van der Waals surface area contributed by atoms with Crippen molar-refractivity contribution in [1.29, 1.82) is 0 Å². The Balaban J connectivity index is 0.000000311. The van der Waals surface area contributed by atoms with Crippen LogP contribution in [0.4, 0.5) is 24.5 Å². The van der Waals surface area contributed by atoms with Crippen LogP contribution in [0.1, 0.15) is 39.9 Å². The molecule has 1 fully saturated rings. The third-order valence-corrected chi connectivity index (χ3v) is 10.2. The molecule has 3 aromatic heterocycles. The maximum Gasteiger partial charge on any atom is 0.446 e. The number of alkyl halides is 3. The summed E-state index contributed by atoms with van der Waals surface area (Å²) in [5, 5.41) is 17.9. The van der Waals surface area contributed by atoms with E-state index in [0.29, 0.717) is 80.2 Å². The van der Waals surface area contributed by atoms with Crippen molar-refractivity contribution in [3.8, 4) is 17.1 Å². The average molecular weight is 800 g/mol. The van der Waals surface area contributed by atoms with E-state index in [0.717, 1.165) is 23.8 Å². The van der Waals surface area contributed by atoms with Crippen LogP contribution in [0.15, 0.2) is 52.4 Å². The molecule has 2 N–H and O–H groups in total. The predicted molar refractivity (Wildman–Crippen MR) is 201 cm³/mol. The second-order valence-electron chi connectivity index (χ2n) is 12.5. The van der Waals surface area contributed by atoms with Gasteiger partial charge in [0.2, 0.25) is 5.78 Å². The Morgan fingerprint density at radius 1 is 1.11 bits per heavy atom. The van der Waals surface area contributed by atoms with E-state index in [1.165, 1.54) is 34.6 Å². The van der Waals surface area contributed by atoms with E-state index in [1.54, 1.807) is 23.4 Å². The Morgan fingerprint density at radius 3 is 2.55 bits per heavy atom. The van der Waals surface area contributed by atoms with E-state index in [-0.39, 0.29) is 45.2 Å². The Labute approximate surface area is 322 Å². The van der Waals surface area contributed by atoms with Gasteiger partial charge >= 0.3 is 5.51 Å². The number of amides is 1. The van der Waals surface area contributed by atoms with Crippen LogP contribution in [0, 0.1) is 6.92 Å². The molecule has 0 spiro atoms. The molecular weight excluding hydrogens is 763 g/mol. The molecule has 0 aliphatic carbocycles. The Bertz CT molecular complexity index is 2290. The lowest BCUT2D eigenvalue weighted by Crippen LogP contribution is -2.51. The van der Waals surface area contributed by atoms with Gasteiger partial charge in [-0.2, -0.15) is 22.7 Å². The number of carbonyl (C=O) groups is 2. The first-order chi connectivity index (χ1) is 26.3. The van der Waals surface area contributed by atoms with Crippen molar-refractivity contribution in [1.82, 2.24) is 34.0 Å². The molecule has 5 heterocycles. The normalized spacial score (nSPS) is 14.3. The maximum atomic E-state index is 13.9. The monoisotopic (exact) mass is 799 g/mol. The molecule has 0 radical (unpaired) electrons. The van der Waals surface area contributed by atoms with Crippen LogP contribution in [0.3, 0.4) is 0 Å². The molecule has 1 saturated heterocycles. The standard InChI is InChI=1S/C28H30N8O5.C8H7ClF3NS/c1-3-21-23(33-7-9-34(10-8-33)26(39)22-24(38)17(2)29-16-30-22)27(40)36-28(35(21)11-12-37)31-25(32-36)19-4-5-20-15-41-13-6-18(20)14-19;1-13-7-3-2-5(4-6(7)9)14-8(10,11)12/h4-5,12,14,16,38H,3,6-11,13,15H2,1-2H3;2-4,13H,1H3. The summed E-state index contributed by atoms with van der Waals surface area (Å²) in [4.78, 5) is 55.0. The zero-order chi connectivity index (χ0) is 39.4. The Kier molecular flexibility index (Phi) is 12.0. The number of carbonyl (C=O) groups excluding carboxylic acids is 2. The molecule has 290 valence electrons. The smallest absolute Gasteiger partial charge is 0.446 e. The number of hydrogen-bond donors (Lipinski definition) is 2. The summed E-state index contributed by atoms with van der Waals surface area (Å²) in [7, 11) is 1.65. The van der Waals surface area contributed by atoms with E-state index < -0.39 is 11.4 Å². The number of aryl methyl sites for hydroxylation is 1. The maximum absolute atomic E-state index is 13.9. The highest BCUT2D eigenvalue weighted by atomic mass is 35.5. The summed E-state index contributed by atoms with van der Waals surface area (Å²) in [6.07, 6.45) is 3.32. The zero-order valence-electron chi connectivity index (χ0n) is 30.1. The lowest BCUT2D eigenvalue weighted by Gasteiger charge is -2.36. The van der Waals surface area contributed by atoms with Crippen molar-refractivity contribution >= 4 is 52.7 Å². The minimum Gasteiger partial charge on any atom is -0.504 e. The number of nitrogens with zero attached hydrogens (tertiary/aromatic N) is 8. The number of ether oxygens (including phenoxy) is 1. The average Bonchev–Trinajstić information content (AvgIpc) is 3.62. The van der Waals surface area contributed by atoms with Crippen LogP contribution in [0.25, 0.3) is 17.2 Å². The molecule has 0 unspecified atom stereocenters. The van der Waals surface area contributed by atoms with Gasteiger partial charge in [0.15, 0.2) is 17.3 Å². The SMILES string of the molecule is CCc1c(N2CCN(C(=O)c3ncnc(C)c3O)CC2)c(=O)n2nc(-c3ccc4c(c3)CCOC4)nc2n1CC=O.CNc1ccc(SC(F)(F)F)cc1Cl. The number of fused-ring (bicyclic) bond motifs is 2. The fraction of sp³-hybridized carbons (Fsp3) is 0.361. The minimum atomic E-state index is -4.27. The van der Waals surface area contributed by atoms with Crippen LogP contribution >= 0.6 is 23.4 Å². The van der Waals surface area contributed by atoms with Crippen LogP contribution in [-0.4, -0.2) is 96.7 Å². The summed E-state index contributed by atoms with van der Waals surface area (Å²) in [6, 6.07) is 10.1. The number of halogens is 4. The first-order valence-corrected chi connectivity index (χ1v) is 18.5. The number of hydrogen-bond acceptors (Lipinski definition) is 12. The molecule has 2 aliphatic heterocycles. The molecule has 2 aromatic carbocycles.